The first kappa shape index (κ1) is 21.8. The summed E-state index contributed by atoms with van der Waals surface area (Å²) in [4.78, 5) is 15.8. The maximum absolute atomic E-state index is 11.4. The van der Waals surface area contributed by atoms with Gasteiger partial charge < -0.3 is 5.11 Å². The quantitative estimate of drug-likeness (QED) is 0.531. The Morgan fingerprint density at radius 2 is 1.93 bits per heavy atom. The number of nitrogens with zero attached hydrogens (tertiary/aromatic N) is 1. The average Bonchev–Trinajstić information content (AvgIpc) is 3.08. The van der Waals surface area contributed by atoms with Crippen LogP contribution in [0.2, 0.25) is 0 Å². The van der Waals surface area contributed by atoms with Crippen molar-refractivity contribution in [2.45, 2.75) is 65.0 Å². The van der Waals surface area contributed by atoms with Crippen molar-refractivity contribution in [3.05, 3.63) is 52.4 Å². The van der Waals surface area contributed by atoms with Crippen LogP contribution in [0.5, 0.6) is 0 Å². The number of likely N-dealkylation sites (N-methyl/N-ethyl adjacent to an activating group) is 1. The number of aryl methyl sites for hydroxylation is 1. The molecule has 3 nitrogen and oxygen atoms in total. The second-order valence-electron chi connectivity index (χ2n) is 8.27. The van der Waals surface area contributed by atoms with Crippen molar-refractivity contribution >= 4 is 23.4 Å². The molecule has 29 heavy (non-hydrogen) atoms. The van der Waals surface area contributed by atoms with E-state index in [9.17, 15) is 9.90 Å². The van der Waals surface area contributed by atoms with Crippen molar-refractivity contribution in [3.8, 4) is 10.4 Å². The van der Waals surface area contributed by atoms with Crippen molar-refractivity contribution in [1.82, 2.24) is 4.90 Å². The van der Waals surface area contributed by atoms with Crippen LogP contribution in [-0.4, -0.2) is 29.1 Å². The Kier molecular flexibility index (Phi) is 7.68. The van der Waals surface area contributed by atoms with E-state index in [0.717, 1.165) is 5.92 Å². The van der Waals surface area contributed by atoms with Crippen LogP contribution in [0.15, 0.2) is 36.4 Å². The molecule has 156 valence electrons. The Balaban J connectivity index is 1.67. The van der Waals surface area contributed by atoms with Gasteiger partial charge in [0.05, 0.1) is 0 Å². The number of benzene rings is 1. The molecule has 0 aliphatic heterocycles. The van der Waals surface area contributed by atoms with Crippen LogP contribution in [0.25, 0.3) is 16.5 Å². The molecule has 1 saturated carbocycles. The summed E-state index contributed by atoms with van der Waals surface area (Å²) >= 11 is 1.77. The Morgan fingerprint density at radius 1 is 1.24 bits per heavy atom. The summed E-state index contributed by atoms with van der Waals surface area (Å²) in [6.45, 7) is 4.71. The number of aliphatic carboxylic acids is 1. The molecule has 3 rings (SSSR count). The molecule has 0 spiro atoms. The lowest BCUT2D eigenvalue weighted by Gasteiger charge is -2.23. The molecule has 0 radical (unpaired) electrons. The van der Waals surface area contributed by atoms with Crippen molar-refractivity contribution in [2.24, 2.45) is 5.92 Å². The maximum Gasteiger partial charge on any atom is 0.320 e. The fourth-order valence-corrected chi connectivity index (χ4v) is 5.41. The van der Waals surface area contributed by atoms with Gasteiger partial charge in [-0.15, -0.1) is 11.3 Å². The third-order valence-electron chi connectivity index (χ3n) is 6.02. The van der Waals surface area contributed by atoms with Crippen LogP contribution in [0.4, 0.5) is 0 Å². The lowest BCUT2D eigenvalue weighted by Crippen LogP contribution is -2.37. The first-order valence-corrected chi connectivity index (χ1v) is 11.6. The Labute approximate surface area is 179 Å². The van der Waals surface area contributed by atoms with Crippen LogP contribution in [-0.2, 0) is 11.3 Å². The molecule has 1 heterocycles. The van der Waals surface area contributed by atoms with Gasteiger partial charge in [0.2, 0.25) is 0 Å². The lowest BCUT2D eigenvalue weighted by atomic mass is 9.89. The Hall–Kier alpha value is -1.91. The summed E-state index contributed by atoms with van der Waals surface area (Å²) in [5, 5.41) is 9.38. The molecule has 1 aliphatic carbocycles. The van der Waals surface area contributed by atoms with Gasteiger partial charge in [0, 0.05) is 16.3 Å². The molecule has 1 fully saturated rings. The van der Waals surface area contributed by atoms with E-state index in [4.69, 9.17) is 0 Å². The molecular weight excluding hydrogens is 378 g/mol. The SMILES string of the molecule is CCC(C(=O)O)N(C)Cc1sc(-c2ccc(/C=C/C3CCCCC3)cc2)cc1C. The average molecular weight is 412 g/mol. The highest BCUT2D eigenvalue weighted by atomic mass is 32.1. The first-order valence-electron chi connectivity index (χ1n) is 10.8. The Bertz CT molecular complexity index is 831. The minimum Gasteiger partial charge on any atom is -0.480 e. The molecule has 0 bridgehead atoms. The van der Waals surface area contributed by atoms with Gasteiger partial charge in [-0.25, -0.2) is 0 Å². The molecule has 1 atom stereocenters. The monoisotopic (exact) mass is 411 g/mol. The van der Waals surface area contributed by atoms with Gasteiger partial charge in [0.25, 0.3) is 0 Å². The highest BCUT2D eigenvalue weighted by Gasteiger charge is 2.21. The largest absolute Gasteiger partial charge is 0.480 e. The number of carbonyl (C=O) groups is 1. The number of hydrogen-bond acceptors (Lipinski definition) is 3. The topological polar surface area (TPSA) is 40.5 Å². The van der Waals surface area contributed by atoms with E-state index >= 15 is 0 Å². The predicted octanol–water partition coefficient (Wildman–Crippen LogP) is 6.61. The number of thiophene rings is 1. The second kappa shape index (κ2) is 10.2. The summed E-state index contributed by atoms with van der Waals surface area (Å²) in [7, 11) is 1.90. The molecular formula is C25H33NO2S. The minimum absolute atomic E-state index is 0.435. The molecule has 4 heteroatoms. The van der Waals surface area contributed by atoms with Gasteiger partial charge >= 0.3 is 5.97 Å². The van der Waals surface area contributed by atoms with E-state index in [1.54, 1.807) is 11.3 Å². The summed E-state index contributed by atoms with van der Waals surface area (Å²) in [5.41, 5.74) is 3.73. The normalized spacial score (nSPS) is 16.6. The van der Waals surface area contributed by atoms with E-state index in [-0.39, 0.29) is 0 Å². The van der Waals surface area contributed by atoms with Gasteiger partial charge in [-0.2, -0.15) is 0 Å². The van der Waals surface area contributed by atoms with E-state index in [0.29, 0.717) is 13.0 Å². The summed E-state index contributed by atoms with van der Waals surface area (Å²) in [6.07, 6.45) is 12.1. The van der Waals surface area contributed by atoms with E-state index in [1.165, 1.54) is 58.5 Å². The zero-order valence-electron chi connectivity index (χ0n) is 17.9. The van der Waals surface area contributed by atoms with Crippen molar-refractivity contribution in [3.63, 3.8) is 0 Å². The predicted molar refractivity (Wildman–Crippen MR) is 123 cm³/mol. The second-order valence-corrected chi connectivity index (χ2v) is 9.41. The van der Waals surface area contributed by atoms with Crippen LogP contribution in [0.3, 0.4) is 0 Å². The van der Waals surface area contributed by atoms with Crippen LogP contribution in [0, 0.1) is 12.8 Å². The van der Waals surface area contributed by atoms with Gasteiger partial charge in [-0.05, 0) is 61.9 Å². The number of carboxylic acids is 1. The molecule has 1 aliphatic rings. The number of carboxylic acid groups (broad SMARTS) is 1. The zero-order valence-corrected chi connectivity index (χ0v) is 18.7. The number of rotatable bonds is 8. The summed E-state index contributed by atoms with van der Waals surface area (Å²) in [6, 6.07) is 10.6. The maximum atomic E-state index is 11.4. The molecule has 1 aromatic heterocycles. The third kappa shape index (κ3) is 5.80. The van der Waals surface area contributed by atoms with Crippen molar-refractivity contribution < 1.29 is 9.90 Å². The van der Waals surface area contributed by atoms with Crippen molar-refractivity contribution in [1.29, 1.82) is 0 Å². The van der Waals surface area contributed by atoms with E-state index in [1.807, 2.05) is 18.9 Å². The van der Waals surface area contributed by atoms with Gasteiger partial charge in [0.1, 0.15) is 6.04 Å². The molecule has 1 aromatic carbocycles. The molecule has 1 N–H and O–H groups in total. The van der Waals surface area contributed by atoms with Gasteiger partial charge in [-0.3, -0.25) is 9.69 Å². The fourth-order valence-electron chi connectivity index (χ4n) is 4.16. The van der Waals surface area contributed by atoms with Crippen LogP contribution < -0.4 is 0 Å². The van der Waals surface area contributed by atoms with Crippen LogP contribution in [0.1, 0.15) is 61.5 Å². The Morgan fingerprint density at radius 3 is 2.55 bits per heavy atom. The highest BCUT2D eigenvalue weighted by molar-refractivity contribution is 7.15. The third-order valence-corrected chi connectivity index (χ3v) is 7.29. The molecule has 0 amide bonds. The minimum atomic E-state index is -0.749. The highest BCUT2D eigenvalue weighted by Crippen LogP contribution is 2.33. The smallest absolute Gasteiger partial charge is 0.320 e. The lowest BCUT2D eigenvalue weighted by molar-refractivity contribution is -0.143. The summed E-state index contributed by atoms with van der Waals surface area (Å²) in [5.74, 6) is 0.00183. The molecule has 1 unspecified atom stereocenters. The standard InChI is InChI=1S/C25H33NO2S/c1-4-22(25(27)28)26(3)17-24-18(2)16-23(29-24)21-14-12-20(13-15-21)11-10-19-8-6-5-7-9-19/h10-16,19,22H,4-9,17H2,1-3H3,(H,27,28)/b11-10+. The molecule has 0 saturated heterocycles. The number of allylic oxidation sites excluding steroid dienone is 1. The van der Waals surface area contributed by atoms with Crippen molar-refractivity contribution in [2.75, 3.05) is 7.05 Å². The first-order chi connectivity index (χ1) is 14.0. The van der Waals surface area contributed by atoms with E-state index in [2.05, 4.69) is 49.4 Å². The fraction of sp³-hybridized carbons (Fsp3) is 0.480. The van der Waals surface area contributed by atoms with E-state index < -0.39 is 12.0 Å². The van der Waals surface area contributed by atoms with Gasteiger partial charge in [-0.1, -0.05) is 62.6 Å². The number of hydrogen-bond donors (Lipinski definition) is 1. The molecule has 2 aromatic rings. The van der Waals surface area contributed by atoms with Gasteiger partial charge in [0.15, 0.2) is 0 Å². The zero-order chi connectivity index (χ0) is 20.8. The van der Waals surface area contributed by atoms with Crippen LogP contribution >= 0.6 is 11.3 Å². The summed E-state index contributed by atoms with van der Waals surface area (Å²) < 4.78 is 0.